The standard InChI is InChI=1S/C17H18Cl2N2O3S/c1-10-4-6-14(8-11(10)2)20-17(22)12(3)21-25(23,24)16-9-13(18)5-7-15(16)19/h4-9,12,21H,1-3H3,(H,20,22)/t12-/m1/s1. The van der Waals surface area contributed by atoms with Gasteiger partial charge < -0.3 is 5.32 Å². The first kappa shape index (κ1) is 19.7. The lowest BCUT2D eigenvalue weighted by Gasteiger charge is -2.16. The molecule has 0 aliphatic heterocycles. The van der Waals surface area contributed by atoms with Crippen molar-refractivity contribution in [1.29, 1.82) is 0 Å². The summed E-state index contributed by atoms with van der Waals surface area (Å²) in [6.45, 7) is 5.34. The molecular weight excluding hydrogens is 383 g/mol. The number of carbonyl (C=O) groups excluding carboxylic acids is 1. The van der Waals surface area contributed by atoms with Crippen LogP contribution in [0.3, 0.4) is 0 Å². The van der Waals surface area contributed by atoms with Crippen LogP contribution in [0.4, 0.5) is 5.69 Å². The Labute approximate surface area is 157 Å². The number of anilines is 1. The largest absolute Gasteiger partial charge is 0.325 e. The van der Waals surface area contributed by atoms with Crippen LogP contribution in [0.15, 0.2) is 41.3 Å². The van der Waals surface area contributed by atoms with E-state index in [2.05, 4.69) is 10.0 Å². The molecule has 0 fully saturated rings. The second-order valence-corrected chi connectivity index (χ2v) is 8.23. The van der Waals surface area contributed by atoms with Crippen molar-refractivity contribution in [2.45, 2.75) is 31.7 Å². The van der Waals surface area contributed by atoms with E-state index < -0.39 is 22.0 Å². The van der Waals surface area contributed by atoms with Gasteiger partial charge in [0.2, 0.25) is 15.9 Å². The minimum Gasteiger partial charge on any atom is -0.325 e. The molecule has 0 unspecified atom stereocenters. The predicted molar refractivity (Wildman–Crippen MR) is 101 cm³/mol. The van der Waals surface area contributed by atoms with Gasteiger partial charge in [0, 0.05) is 10.7 Å². The normalized spacial score (nSPS) is 12.7. The SMILES string of the molecule is Cc1ccc(NC(=O)[C@@H](C)NS(=O)(=O)c2cc(Cl)ccc2Cl)cc1C. The zero-order valence-corrected chi connectivity index (χ0v) is 16.3. The molecule has 0 aromatic heterocycles. The van der Waals surface area contributed by atoms with Crippen LogP contribution in [0.2, 0.25) is 10.0 Å². The molecule has 0 aliphatic rings. The monoisotopic (exact) mass is 400 g/mol. The summed E-state index contributed by atoms with van der Waals surface area (Å²) in [5.74, 6) is -0.482. The number of halogens is 2. The Morgan fingerprint density at radius 1 is 1.04 bits per heavy atom. The number of hydrogen-bond donors (Lipinski definition) is 2. The lowest BCUT2D eigenvalue weighted by molar-refractivity contribution is -0.117. The summed E-state index contributed by atoms with van der Waals surface area (Å²) in [6.07, 6.45) is 0. The summed E-state index contributed by atoms with van der Waals surface area (Å²) in [5, 5.41) is 2.94. The number of amides is 1. The van der Waals surface area contributed by atoms with Gasteiger partial charge in [-0.3, -0.25) is 4.79 Å². The average molecular weight is 401 g/mol. The average Bonchev–Trinajstić information content (AvgIpc) is 2.52. The number of sulfonamides is 1. The highest BCUT2D eigenvalue weighted by atomic mass is 35.5. The molecule has 0 spiro atoms. The lowest BCUT2D eigenvalue weighted by Crippen LogP contribution is -2.41. The Bertz CT molecular complexity index is 914. The summed E-state index contributed by atoms with van der Waals surface area (Å²) < 4.78 is 27.2. The highest BCUT2D eigenvalue weighted by molar-refractivity contribution is 7.89. The van der Waals surface area contributed by atoms with E-state index in [-0.39, 0.29) is 14.9 Å². The molecule has 0 bridgehead atoms. The van der Waals surface area contributed by atoms with E-state index >= 15 is 0 Å². The number of carbonyl (C=O) groups is 1. The lowest BCUT2D eigenvalue weighted by atomic mass is 10.1. The van der Waals surface area contributed by atoms with E-state index in [0.29, 0.717) is 5.69 Å². The third kappa shape index (κ3) is 4.95. The molecule has 2 aromatic carbocycles. The van der Waals surface area contributed by atoms with Crippen molar-refractivity contribution in [2.24, 2.45) is 0 Å². The third-order valence-electron chi connectivity index (χ3n) is 3.68. The Kier molecular flexibility index (Phi) is 6.11. The fraction of sp³-hybridized carbons (Fsp3) is 0.235. The number of benzene rings is 2. The van der Waals surface area contributed by atoms with Gasteiger partial charge in [0.25, 0.3) is 0 Å². The van der Waals surface area contributed by atoms with E-state index in [1.54, 1.807) is 6.07 Å². The van der Waals surface area contributed by atoms with Gasteiger partial charge in [-0.2, -0.15) is 4.72 Å². The first-order valence-corrected chi connectivity index (χ1v) is 9.69. The summed E-state index contributed by atoms with van der Waals surface area (Å²) in [7, 11) is -3.99. The molecule has 134 valence electrons. The van der Waals surface area contributed by atoms with Crippen molar-refractivity contribution in [3.8, 4) is 0 Å². The summed E-state index contributed by atoms with van der Waals surface area (Å²) in [6, 6.07) is 8.57. The second-order valence-electron chi connectivity index (χ2n) is 5.71. The van der Waals surface area contributed by atoms with Gasteiger partial charge in [-0.05, 0) is 62.2 Å². The van der Waals surface area contributed by atoms with Crippen molar-refractivity contribution in [3.63, 3.8) is 0 Å². The number of rotatable bonds is 5. The van der Waals surface area contributed by atoms with Crippen LogP contribution < -0.4 is 10.0 Å². The van der Waals surface area contributed by atoms with Gasteiger partial charge in [0.05, 0.1) is 11.1 Å². The maximum absolute atomic E-state index is 12.4. The smallest absolute Gasteiger partial charge is 0.242 e. The minimum atomic E-state index is -3.99. The molecule has 0 aliphatic carbocycles. The molecule has 2 rings (SSSR count). The van der Waals surface area contributed by atoms with Gasteiger partial charge in [0.15, 0.2) is 0 Å². The summed E-state index contributed by atoms with van der Waals surface area (Å²) in [5.41, 5.74) is 2.72. The molecule has 1 atom stereocenters. The summed E-state index contributed by atoms with van der Waals surface area (Å²) in [4.78, 5) is 12.1. The molecule has 2 aromatic rings. The van der Waals surface area contributed by atoms with Crippen LogP contribution in [0.1, 0.15) is 18.1 Å². The fourth-order valence-electron chi connectivity index (χ4n) is 2.10. The Morgan fingerprint density at radius 3 is 2.36 bits per heavy atom. The van der Waals surface area contributed by atoms with Gasteiger partial charge in [-0.25, -0.2) is 8.42 Å². The van der Waals surface area contributed by atoms with E-state index in [1.807, 2.05) is 26.0 Å². The van der Waals surface area contributed by atoms with E-state index in [9.17, 15) is 13.2 Å². The number of nitrogens with one attached hydrogen (secondary N) is 2. The quantitative estimate of drug-likeness (QED) is 0.798. The van der Waals surface area contributed by atoms with Gasteiger partial charge in [-0.15, -0.1) is 0 Å². The van der Waals surface area contributed by atoms with Crippen LogP contribution in [0.5, 0.6) is 0 Å². The molecule has 0 radical (unpaired) electrons. The minimum absolute atomic E-state index is 0.0265. The Balaban J connectivity index is 2.14. The molecule has 2 N–H and O–H groups in total. The first-order chi connectivity index (χ1) is 11.6. The van der Waals surface area contributed by atoms with Crippen LogP contribution in [0, 0.1) is 13.8 Å². The topological polar surface area (TPSA) is 75.3 Å². The highest BCUT2D eigenvalue weighted by Crippen LogP contribution is 2.25. The van der Waals surface area contributed by atoms with Crippen molar-refractivity contribution in [2.75, 3.05) is 5.32 Å². The molecule has 0 heterocycles. The van der Waals surface area contributed by atoms with Gasteiger partial charge >= 0.3 is 0 Å². The second kappa shape index (κ2) is 7.74. The maximum Gasteiger partial charge on any atom is 0.242 e. The van der Waals surface area contributed by atoms with Crippen LogP contribution in [0.25, 0.3) is 0 Å². The van der Waals surface area contributed by atoms with E-state index in [0.717, 1.165) is 11.1 Å². The Morgan fingerprint density at radius 2 is 1.72 bits per heavy atom. The maximum atomic E-state index is 12.4. The van der Waals surface area contributed by atoms with Crippen LogP contribution in [-0.2, 0) is 14.8 Å². The zero-order valence-electron chi connectivity index (χ0n) is 13.9. The Hall–Kier alpha value is -1.60. The molecule has 0 saturated carbocycles. The van der Waals surface area contributed by atoms with Crippen LogP contribution >= 0.6 is 23.2 Å². The fourth-order valence-corrected chi connectivity index (χ4v) is 4.07. The zero-order chi connectivity index (χ0) is 18.8. The summed E-state index contributed by atoms with van der Waals surface area (Å²) >= 11 is 11.8. The van der Waals surface area contributed by atoms with Gasteiger partial charge in [0.1, 0.15) is 4.90 Å². The van der Waals surface area contributed by atoms with Crippen molar-refractivity contribution in [3.05, 3.63) is 57.6 Å². The van der Waals surface area contributed by atoms with Crippen molar-refractivity contribution >= 4 is 44.8 Å². The predicted octanol–water partition coefficient (Wildman–Crippen LogP) is 3.92. The molecule has 1 amide bonds. The highest BCUT2D eigenvalue weighted by Gasteiger charge is 2.24. The number of aryl methyl sites for hydroxylation is 2. The van der Waals surface area contributed by atoms with Crippen molar-refractivity contribution in [1.82, 2.24) is 4.72 Å². The molecule has 5 nitrogen and oxygen atoms in total. The van der Waals surface area contributed by atoms with Crippen LogP contribution in [-0.4, -0.2) is 20.4 Å². The first-order valence-electron chi connectivity index (χ1n) is 7.45. The third-order valence-corrected chi connectivity index (χ3v) is 5.94. The molecule has 0 saturated heterocycles. The molecular formula is C17H18Cl2N2O3S. The molecule has 25 heavy (non-hydrogen) atoms. The van der Waals surface area contributed by atoms with E-state index in [4.69, 9.17) is 23.2 Å². The number of hydrogen-bond acceptors (Lipinski definition) is 3. The van der Waals surface area contributed by atoms with E-state index in [1.165, 1.54) is 25.1 Å². The molecule has 8 heteroatoms. The van der Waals surface area contributed by atoms with Crippen molar-refractivity contribution < 1.29 is 13.2 Å². The van der Waals surface area contributed by atoms with Gasteiger partial charge in [-0.1, -0.05) is 29.3 Å².